The van der Waals surface area contributed by atoms with Crippen molar-refractivity contribution in [3.8, 4) is 0 Å². The third kappa shape index (κ3) is 4.84. The number of nitro benzene ring substituents is 1. The molecule has 0 fully saturated rings. The maximum Gasteiger partial charge on any atom is 0.275 e. The standard InChI is InChI=1S/C21H19N3O6S2/c1-15-3-11-19(12-4-15)31(27,28)21(32(29,30)20-13-5-16(2)6-14-20)23-22-17-7-9-18(10-8-17)24(25)26/h3-14,22H,1-2H3. The third-order valence-corrected chi connectivity index (χ3v) is 8.68. The average Bonchev–Trinajstić information content (AvgIpc) is 2.74. The predicted octanol–water partition coefficient (Wildman–Crippen LogP) is 3.84. The molecule has 3 rings (SSSR count). The minimum atomic E-state index is -4.53. The highest BCUT2D eigenvalue weighted by Gasteiger charge is 2.36. The molecule has 3 aromatic carbocycles. The molecule has 32 heavy (non-hydrogen) atoms. The molecule has 0 atom stereocenters. The molecule has 0 aliphatic heterocycles. The van der Waals surface area contributed by atoms with Gasteiger partial charge in [0.15, 0.2) is 0 Å². The molecular weight excluding hydrogens is 454 g/mol. The Labute approximate surface area is 185 Å². The van der Waals surface area contributed by atoms with Crippen molar-refractivity contribution in [1.82, 2.24) is 0 Å². The monoisotopic (exact) mass is 473 g/mol. The van der Waals surface area contributed by atoms with Crippen molar-refractivity contribution in [3.05, 3.63) is 94.0 Å². The number of anilines is 1. The van der Waals surface area contributed by atoms with Crippen LogP contribution in [0.15, 0.2) is 87.7 Å². The number of hydrogen-bond donors (Lipinski definition) is 1. The zero-order chi connectivity index (χ0) is 23.5. The van der Waals surface area contributed by atoms with E-state index >= 15 is 0 Å². The molecule has 0 saturated heterocycles. The lowest BCUT2D eigenvalue weighted by atomic mass is 10.2. The van der Waals surface area contributed by atoms with Crippen LogP contribution in [-0.2, 0) is 19.7 Å². The van der Waals surface area contributed by atoms with Gasteiger partial charge >= 0.3 is 0 Å². The Morgan fingerprint density at radius 3 is 1.53 bits per heavy atom. The number of non-ortho nitro benzene ring substituents is 1. The van der Waals surface area contributed by atoms with Gasteiger partial charge in [0.25, 0.3) is 10.1 Å². The number of sulfone groups is 2. The van der Waals surface area contributed by atoms with E-state index in [1.54, 1.807) is 38.1 Å². The van der Waals surface area contributed by atoms with Gasteiger partial charge in [-0.3, -0.25) is 15.5 Å². The summed E-state index contributed by atoms with van der Waals surface area (Å²) in [6.45, 7) is 3.54. The molecule has 0 heterocycles. The fourth-order valence-electron chi connectivity index (χ4n) is 2.67. The summed E-state index contributed by atoms with van der Waals surface area (Å²) in [7, 11) is -9.07. The van der Waals surface area contributed by atoms with Gasteiger partial charge in [0.05, 0.1) is 20.4 Å². The van der Waals surface area contributed by atoms with Crippen molar-refractivity contribution in [2.45, 2.75) is 23.6 Å². The van der Waals surface area contributed by atoms with E-state index in [0.29, 0.717) is 0 Å². The van der Waals surface area contributed by atoms with Gasteiger partial charge in [-0.1, -0.05) is 35.4 Å². The lowest BCUT2D eigenvalue weighted by Crippen LogP contribution is -2.26. The first-order chi connectivity index (χ1) is 15.0. The highest BCUT2D eigenvalue weighted by molar-refractivity contribution is 8.31. The summed E-state index contributed by atoms with van der Waals surface area (Å²) in [4.78, 5) is 9.74. The number of hydrogen-bond acceptors (Lipinski definition) is 8. The van der Waals surface area contributed by atoms with Gasteiger partial charge in [0.1, 0.15) is 0 Å². The van der Waals surface area contributed by atoms with Gasteiger partial charge in [0.2, 0.25) is 19.7 Å². The average molecular weight is 474 g/mol. The van der Waals surface area contributed by atoms with Crippen molar-refractivity contribution >= 4 is 35.4 Å². The highest BCUT2D eigenvalue weighted by Crippen LogP contribution is 2.23. The highest BCUT2D eigenvalue weighted by atomic mass is 32.3. The lowest BCUT2D eigenvalue weighted by molar-refractivity contribution is -0.384. The van der Waals surface area contributed by atoms with Gasteiger partial charge in [-0.25, -0.2) is 16.8 Å². The molecule has 0 aliphatic carbocycles. The summed E-state index contributed by atoms with van der Waals surface area (Å²) >= 11 is 0. The number of benzene rings is 3. The topological polar surface area (TPSA) is 136 Å². The predicted molar refractivity (Wildman–Crippen MR) is 121 cm³/mol. The molecule has 0 amide bonds. The van der Waals surface area contributed by atoms with Crippen molar-refractivity contribution in [2.75, 3.05) is 5.43 Å². The zero-order valence-electron chi connectivity index (χ0n) is 17.1. The van der Waals surface area contributed by atoms with Crippen LogP contribution in [0.25, 0.3) is 0 Å². The molecule has 0 aliphatic rings. The second-order valence-electron chi connectivity index (χ2n) is 6.93. The smallest absolute Gasteiger partial charge is 0.275 e. The summed E-state index contributed by atoms with van der Waals surface area (Å²) in [5, 5.41) is 14.5. The summed E-state index contributed by atoms with van der Waals surface area (Å²) < 4.78 is 51.9. The van der Waals surface area contributed by atoms with Crippen LogP contribution in [0.5, 0.6) is 0 Å². The number of rotatable bonds is 5. The maximum absolute atomic E-state index is 13.3. The van der Waals surface area contributed by atoms with E-state index in [2.05, 4.69) is 10.5 Å². The molecule has 1 N–H and O–H groups in total. The van der Waals surface area contributed by atoms with Crippen LogP contribution in [-0.4, -0.2) is 26.1 Å². The van der Waals surface area contributed by atoms with E-state index in [4.69, 9.17) is 0 Å². The van der Waals surface area contributed by atoms with Crippen molar-refractivity contribution < 1.29 is 21.8 Å². The maximum atomic E-state index is 13.3. The Balaban J connectivity index is 2.12. The normalized spacial score (nSPS) is 11.6. The molecule has 0 bridgehead atoms. The Bertz CT molecular complexity index is 1300. The third-order valence-electron chi connectivity index (χ3n) is 4.48. The van der Waals surface area contributed by atoms with Crippen LogP contribution in [0.3, 0.4) is 0 Å². The van der Waals surface area contributed by atoms with E-state index in [1.807, 2.05) is 0 Å². The molecule has 0 radical (unpaired) electrons. The minimum absolute atomic E-state index is 0.173. The van der Waals surface area contributed by atoms with E-state index < -0.39 is 29.0 Å². The Kier molecular flexibility index (Phi) is 6.42. The van der Waals surface area contributed by atoms with Crippen LogP contribution >= 0.6 is 0 Å². The molecule has 0 saturated carbocycles. The van der Waals surface area contributed by atoms with Crippen molar-refractivity contribution in [1.29, 1.82) is 0 Å². The molecule has 166 valence electrons. The van der Waals surface area contributed by atoms with Gasteiger partial charge in [-0.2, -0.15) is 5.10 Å². The first-order valence-electron chi connectivity index (χ1n) is 9.23. The number of aryl methyl sites for hydroxylation is 2. The number of nitrogens with one attached hydrogen (secondary N) is 1. The summed E-state index contributed by atoms with van der Waals surface area (Å²) in [5.41, 5.74) is 3.98. The van der Waals surface area contributed by atoms with Gasteiger partial charge in [0, 0.05) is 12.1 Å². The van der Waals surface area contributed by atoms with Crippen LogP contribution in [0.4, 0.5) is 11.4 Å². The summed E-state index contributed by atoms with van der Waals surface area (Å²) in [5.74, 6) is 0. The second kappa shape index (κ2) is 8.89. The summed E-state index contributed by atoms with van der Waals surface area (Å²) in [6, 6.07) is 16.3. The molecular formula is C21H19N3O6S2. The van der Waals surface area contributed by atoms with Crippen LogP contribution in [0.1, 0.15) is 11.1 Å². The number of nitro groups is 1. The quantitative estimate of drug-likeness (QED) is 0.257. The minimum Gasteiger partial charge on any atom is -0.277 e. The van der Waals surface area contributed by atoms with Crippen LogP contribution in [0, 0.1) is 24.0 Å². The Morgan fingerprint density at radius 1 is 0.750 bits per heavy atom. The van der Waals surface area contributed by atoms with Crippen LogP contribution in [0.2, 0.25) is 0 Å². The van der Waals surface area contributed by atoms with Gasteiger partial charge < -0.3 is 0 Å². The number of nitrogens with zero attached hydrogens (tertiary/aromatic N) is 2. The molecule has 3 aromatic rings. The van der Waals surface area contributed by atoms with E-state index in [0.717, 1.165) is 11.1 Å². The summed E-state index contributed by atoms with van der Waals surface area (Å²) in [6.07, 6.45) is 0. The van der Waals surface area contributed by atoms with Crippen LogP contribution < -0.4 is 5.43 Å². The largest absolute Gasteiger partial charge is 0.277 e. The fraction of sp³-hybridized carbons (Fsp3) is 0.0952. The van der Waals surface area contributed by atoms with E-state index in [-0.39, 0.29) is 21.2 Å². The fourth-order valence-corrected chi connectivity index (χ4v) is 6.13. The SMILES string of the molecule is Cc1ccc(S(=O)(=O)C(=NNc2ccc([N+](=O)[O-])cc2)S(=O)(=O)c2ccc(C)cc2)cc1. The Morgan fingerprint density at radius 2 is 1.16 bits per heavy atom. The molecule has 0 aromatic heterocycles. The van der Waals surface area contributed by atoms with Crippen molar-refractivity contribution in [2.24, 2.45) is 5.10 Å². The first kappa shape index (κ1) is 23.1. The molecule has 0 unspecified atom stereocenters. The van der Waals surface area contributed by atoms with E-state index in [9.17, 15) is 26.9 Å². The number of hydrazone groups is 1. The first-order valence-corrected chi connectivity index (χ1v) is 12.2. The lowest BCUT2D eigenvalue weighted by Gasteiger charge is -2.11. The molecule has 9 nitrogen and oxygen atoms in total. The zero-order valence-corrected chi connectivity index (χ0v) is 18.7. The molecule has 0 spiro atoms. The second-order valence-corrected chi connectivity index (χ2v) is 10.9. The van der Waals surface area contributed by atoms with E-state index in [1.165, 1.54) is 48.5 Å². The van der Waals surface area contributed by atoms with Gasteiger partial charge in [-0.05, 0) is 50.2 Å². The van der Waals surface area contributed by atoms with Crippen molar-refractivity contribution in [3.63, 3.8) is 0 Å². The molecule has 11 heteroatoms. The van der Waals surface area contributed by atoms with Gasteiger partial charge in [-0.15, -0.1) is 0 Å². The Hall–Kier alpha value is -3.57.